The Kier molecular flexibility index (Phi) is 7.71. The molecule has 1 aliphatic rings. The Labute approximate surface area is 127 Å². The van der Waals surface area contributed by atoms with Crippen LogP contribution in [0.3, 0.4) is 0 Å². The van der Waals surface area contributed by atoms with E-state index in [9.17, 15) is 0 Å². The van der Waals surface area contributed by atoms with Crippen molar-refractivity contribution in [3.8, 4) is 5.75 Å². The number of allylic oxidation sites excluding steroid dienone is 2. The van der Waals surface area contributed by atoms with Crippen molar-refractivity contribution in [3.63, 3.8) is 0 Å². The van der Waals surface area contributed by atoms with Gasteiger partial charge in [-0.25, -0.2) is 0 Å². The summed E-state index contributed by atoms with van der Waals surface area (Å²) in [4.78, 5) is 3.74. The van der Waals surface area contributed by atoms with Gasteiger partial charge in [0.2, 0.25) is 0 Å². The number of ether oxygens (including phenoxy) is 1. The molecule has 0 amide bonds. The molecule has 0 unspecified atom stereocenters. The van der Waals surface area contributed by atoms with Crippen LogP contribution in [-0.2, 0) is 0 Å². The number of benzene rings is 1. The number of thiazole rings is 1. The van der Waals surface area contributed by atoms with E-state index in [1.54, 1.807) is 29.3 Å². The predicted octanol–water partition coefficient (Wildman–Crippen LogP) is 2.94. The molecule has 0 bridgehead atoms. The van der Waals surface area contributed by atoms with Gasteiger partial charge in [-0.1, -0.05) is 30.4 Å². The highest BCUT2D eigenvalue weighted by Crippen LogP contribution is 2.21. The monoisotopic (exact) mass is 305 g/mol. The average Bonchev–Trinajstić information content (AvgIpc) is 2.90. The third kappa shape index (κ3) is 7.30. The Bertz CT molecular complexity index is 544. The minimum absolute atomic E-state index is 0.000000000000000222. The van der Waals surface area contributed by atoms with E-state index >= 15 is 0 Å². The first-order chi connectivity index (χ1) is 9.70. The van der Waals surface area contributed by atoms with Crippen molar-refractivity contribution in [1.82, 2.24) is 4.98 Å². The van der Waals surface area contributed by atoms with Crippen LogP contribution in [0, 0.1) is 0 Å². The molecule has 0 saturated carbocycles. The lowest BCUT2D eigenvalue weighted by molar-refractivity contribution is 0.481. The predicted molar refractivity (Wildman–Crippen MR) is 88.3 cm³/mol. The maximum atomic E-state index is 5.31. The Morgan fingerprint density at radius 1 is 1.20 bits per heavy atom. The highest BCUT2D eigenvalue weighted by Gasteiger charge is 1.97. The third-order valence-electron chi connectivity index (χ3n) is 1.93. The van der Waals surface area contributed by atoms with Gasteiger partial charge in [0.05, 0.1) is 11.8 Å². The zero-order chi connectivity index (χ0) is 14.6. The lowest BCUT2D eigenvalue weighted by atomic mass is 10.2. The number of thiocarbonyl (C=S) groups is 1. The van der Waals surface area contributed by atoms with Crippen LogP contribution in [0.25, 0.3) is 6.08 Å². The fraction of sp³-hybridized carbons (Fsp3) is 0. The van der Waals surface area contributed by atoms with Gasteiger partial charge >= 0.3 is 0 Å². The van der Waals surface area contributed by atoms with Crippen molar-refractivity contribution >= 4 is 34.7 Å². The first kappa shape index (κ1) is 15.9. The highest BCUT2D eigenvalue weighted by atomic mass is 32.1. The van der Waals surface area contributed by atoms with Gasteiger partial charge in [0.25, 0.3) is 0 Å². The number of hydrogen-bond donors (Lipinski definition) is 2. The molecular weight excluding hydrogens is 290 g/mol. The summed E-state index contributed by atoms with van der Waals surface area (Å²) in [6.45, 7) is 0. The van der Waals surface area contributed by atoms with E-state index in [0.717, 1.165) is 11.3 Å². The number of nitrogens with zero attached hydrogens (tertiary/aromatic N) is 1. The van der Waals surface area contributed by atoms with Crippen molar-refractivity contribution in [1.29, 1.82) is 0 Å². The highest BCUT2D eigenvalue weighted by molar-refractivity contribution is 7.80. The van der Waals surface area contributed by atoms with Crippen molar-refractivity contribution in [2.75, 3.05) is 0 Å². The van der Waals surface area contributed by atoms with Crippen LogP contribution in [0.1, 0.15) is 5.56 Å². The summed E-state index contributed by atoms with van der Waals surface area (Å²) in [5.41, 5.74) is 12.2. The van der Waals surface area contributed by atoms with E-state index in [0.29, 0.717) is 0 Å². The fourth-order valence-electron chi connectivity index (χ4n) is 1.22. The van der Waals surface area contributed by atoms with Crippen LogP contribution in [0.5, 0.6) is 5.75 Å². The number of para-hydroxylation sites is 1. The van der Waals surface area contributed by atoms with Crippen LogP contribution in [0.4, 0.5) is 0 Å². The Morgan fingerprint density at radius 3 is 2.55 bits per heavy atom. The van der Waals surface area contributed by atoms with Crippen molar-refractivity contribution < 1.29 is 4.74 Å². The van der Waals surface area contributed by atoms with Gasteiger partial charge in [-0.15, -0.1) is 11.3 Å². The molecule has 0 aliphatic carbocycles. The molecule has 104 valence electrons. The molecule has 4 nitrogen and oxygen atoms in total. The number of nitrogens with two attached hydrogens (primary N) is 2. The molecule has 1 aliphatic heterocycles. The molecule has 0 spiro atoms. The zero-order valence-electron chi connectivity index (χ0n) is 10.7. The lowest BCUT2D eigenvalue weighted by Gasteiger charge is -2.00. The van der Waals surface area contributed by atoms with Crippen LogP contribution < -0.4 is 16.2 Å². The van der Waals surface area contributed by atoms with Crippen LogP contribution in [0.15, 0.2) is 59.8 Å². The molecule has 4 N–H and O–H groups in total. The van der Waals surface area contributed by atoms with E-state index < -0.39 is 0 Å². The zero-order valence-corrected chi connectivity index (χ0v) is 12.3. The third-order valence-corrected chi connectivity index (χ3v) is 2.45. The van der Waals surface area contributed by atoms with Crippen molar-refractivity contribution in [2.45, 2.75) is 0 Å². The van der Waals surface area contributed by atoms with E-state index in [1.807, 2.05) is 47.9 Å². The Hall–Kier alpha value is -2.18. The average molecular weight is 305 g/mol. The van der Waals surface area contributed by atoms with Gasteiger partial charge in [-0.2, -0.15) is 0 Å². The van der Waals surface area contributed by atoms with Crippen LogP contribution in [0.2, 0.25) is 0 Å². The van der Waals surface area contributed by atoms with Crippen molar-refractivity contribution in [2.24, 2.45) is 11.5 Å². The quantitative estimate of drug-likeness (QED) is 0.732. The molecule has 0 fully saturated rings. The van der Waals surface area contributed by atoms with Gasteiger partial charge < -0.3 is 16.2 Å². The molecule has 2 aromatic rings. The fourth-order valence-corrected chi connectivity index (χ4v) is 1.57. The molecule has 0 radical (unpaired) electrons. The minimum Gasteiger partial charge on any atom is -0.464 e. The Morgan fingerprint density at radius 2 is 1.95 bits per heavy atom. The maximum Gasteiger partial charge on any atom is 0.160 e. The second-order valence-electron chi connectivity index (χ2n) is 3.42. The molecule has 2 heterocycles. The van der Waals surface area contributed by atoms with Gasteiger partial charge in [0, 0.05) is 17.1 Å². The Balaban J connectivity index is 0.000000185. The molecule has 0 saturated heterocycles. The molecule has 1 aromatic carbocycles. The summed E-state index contributed by atoms with van der Waals surface area (Å²) in [7, 11) is 0. The minimum atomic E-state index is 0.000000000000000222. The van der Waals surface area contributed by atoms with E-state index in [1.165, 1.54) is 0 Å². The summed E-state index contributed by atoms with van der Waals surface area (Å²) >= 11 is 5.69. The molecule has 3 rings (SSSR count). The van der Waals surface area contributed by atoms with Gasteiger partial charge in [-0.05, 0) is 24.4 Å². The summed E-state index contributed by atoms with van der Waals surface area (Å²) in [6, 6.07) is 7.94. The first-order valence-electron chi connectivity index (χ1n) is 5.66. The van der Waals surface area contributed by atoms with Crippen molar-refractivity contribution in [3.05, 3.63) is 65.3 Å². The number of aromatic nitrogens is 1. The van der Waals surface area contributed by atoms with Crippen LogP contribution >= 0.6 is 23.6 Å². The first-order valence-corrected chi connectivity index (χ1v) is 7.01. The second kappa shape index (κ2) is 9.71. The summed E-state index contributed by atoms with van der Waals surface area (Å²) in [5.74, 6) is 0.914. The largest absolute Gasteiger partial charge is 0.464 e. The van der Waals surface area contributed by atoms with E-state index in [2.05, 4.69) is 28.7 Å². The number of rotatable bonds is 0. The molecule has 1 aromatic heterocycles. The van der Waals surface area contributed by atoms with E-state index in [4.69, 9.17) is 4.74 Å². The summed E-state index contributed by atoms with van der Waals surface area (Å²) in [5, 5.41) is 1.93. The van der Waals surface area contributed by atoms with Gasteiger partial charge in [-0.3, -0.25) is 4.98 Å². The molecule has 0 atom stereocenters. The van der Waals surface area contributed by atoms with E-state index in [-0.39, 0.29) is 5.11 Å². The summed E-state index contributed by atoms with van der Waals surface area (Å²) < 4.78 is 5.31. The van der Waals surface area contributed by atoms with Crippen LogP contribution in [-0.4, -0.2) is 10.1 Å². The number of fused-ring (bicyclic) bond motifs is 1. The summed E-state index contributed by atoms with van der Waals surface area (Å²) in [6.07, 6.45) is 9.32. The van der Waals surface area contributed by atoms with Gasteiger partial charge in [0.15, 0.2) is 5.11 Å². The second-order valence-corrected chi connectivity index (χ2v) is 4.65. The SMILES string of the molecule is C1=COc2ccccc2C=C1.NC(N)=S.c1cscn1. The number of hydrogen-bond acceptors (Lipinski definition) is 4. The topological polar surface area (TPSA) is 74.2 Å². The molecular formula is C14H15N3OS2. The lowest BCUT2D eigenvalue weighted by Crippen LogP contribution is -2.18. The molecule has 6 heteroatoms. The normalized spacial score (nSPS) is 10.6. The molecule has 20 heavy (non-hydrogen) atoms. The standard InChI is InChI=1S/C10H8O.C3H3NS.CH4N2S/c1-2-7-10-9(5-1)6-3-4-8-11-10;1-2-5-3-4-1;2-1(3)4/h1-8H;1-3H;(H4,2,3,4). The van der Waals surface area contributed by atoms with Gasteiger partial charge in [0.1, 0.15) is 5.75 Å². The maximum absolute atomic E-state index is 5.31. The smallest absolute Gasteiger partial charge is 0.160 e.